The summed E-state index contributed by atoms with van der Waals surface area (Å²) in [6, 6.07) is 4.90. The summed E-state index contributed by atoms with van der Waals surface area (Å²) < 4.78 is 26.9. The first-order valence-electron chi connectivity index (χ1n) is 5.82. The molecule has 20 heavy (non-hydrogen) atoms. The maximum atomic E-state index is 13.6. The van der Waals surface area contributed by atoms with Crippen molar-refractivity contribution in [3.63, 3.8) is 0 Å². The maximum absolute atomic E-state index is 13.6. The topological polar surface area (TPSA) is 50.3 Å². The molecular weight excluding hydrogens is 266 g/mol. The Labute approximate surface area is 112 Å². The molecule has 100 valence electrons. The Bertz CT molecular complexity index is 717. The molecule has 0 radical (unpaired) electrons. The number of hydrogen-bond donors (Lipinski definition) is 0. The van der Waals surface area contributed by atoms with Crippen LogP contribution in [0.3, 0.4) is 0 Å². The van der Waals surface area contributed by atoms with Gasteiger partial charge in [0, 0.05) is 18.5 Å². The molecule has 0 aliphatic carbocycles. The van der Waals surface area contributed by atoms with Crippen LogP contribution in [-0.2, 0) is 11.3 Å². The second kappa shape index (κ2) is 4.48. The van der Waals surface area contributed by atoms with E-state index in [9.17, 15) is 18.4 Å². The van der Waals surface area contributed by atoms with Crippen LogP contribution in [0.1, 0.15) is 15.9 Å². The lowest BCUT2D eigenvalue weighted by atomic mass is 10.1. The molecule has 2 aromatic rings. The molecule has 6 heteroatoms. The number of fused-ring (bicyclic) bond motifs is 1. The molecule has 1 aliphatic heterocycles. The van der Waals surface area contributed by atoms with E-state index in [2.05, 4.69) is 4.98 Å². The largest absolute Gasteiger partial charge is 0.300 e. The van der Waals surface area contributed by atoms with E-state index in [1.807, 2.05) is 0 Å². The fourth-order valence-electron chi connectivity index (χ4n) is 2.16. The van der Waals surface area contributed by atoms with Crippen molar-refractivity contribution in [1.29, 1.82) is 0 Å². The second-order valence-electron chi connectivity index (χ2n) is 4.36. The summed E-state index contributed by atoms with van der Waals surface area (Å²) in [6.07, 6.45) is 3.07. The summed E-state index contributed by atoms with van der Waals surface area (Å²) in [4.78, 5) is 28.6. The fourth-order valence-corrected chi connectivity index (χ4v) is 2.16. The van der Waals surface area contributed by atoms with Crippen molar-refractivity contribution in [3.05, 3.63) is 59.4 Å². The average molecular weight is 274 g/mol. The number of nitrogens with zero attached hydrogens (tertiary/aromatic N) is 2. The average Bonchev–Trinajstić information content (AvgIpc) is 2.65. The van der Waals surface area contributed by atoms with Gasteiger partial charge in [-0.1, -0.05) is 0 Å². The van der Waals surface area contributed by atoms with Crippen molar-refractivity contribution in [1.82, 2.24) is 4.98 Å². The number of aromatic nitrogens is 1. The van der Waals surface area contributed by atoms with Gasteiger partial charge in [-0.15, -0.1) is 0 Å². The van der Waals surface area contributed by atoms with Crippen LogP contribution < -0.4 is 4.90 Å². The zero-order valence-electron chi connectivity index (χ0n) is 10.1. The molecular formula is C14H8F2N2O2. The summed E-state index contributed by atoms with van der Waals surface area (Å²) >= 11 is 0. The summed E-state index contributed by atoms with van der Waals surface area (Å²) in [6.45, 7) is 0.0585. The Morgan fingerprint density at radius 3 is 2.50 bits per heavy atom. The van der Waals surface area contributed by atoms with E-state index in [0.717, 1.165) is 11.0 Å². The van der Waals surface area contributed by atoms with Crippen molar-refractivity contribution in [2.75, 3.05) is 4.90 Å². The third-order valence-electron chi connectivity index (χ3n) is 3.08. The molecule has 0 saturated carbocycles. The van der Waals surface area contributed by atoms with Crippen molar-refractivity contribution in [2.24, 2.45) is 0 Å². The van der Waals surface area contributed by atoms with Crippen molar-refractivity contribution < 1.29 is 18.4 Å². The van der Waals surface area contributed by atoms with Gasteiger partial charge in [-0.2, -0.15) is 0 Å². The molecule has 2 heterocycles. The highest BCUT2D eigenvalue weighted by molar-refractivity contribution is 6.52. The van der Waals surface area contributed by atoms with E-state index in [1.165, 1.54) is 12.4 Å². The summed E-state index contributed by atoms with van der Waals surface area (Å²) in [5.74, 6) is -3.66. The van der Waals surface area contributed by atoms with E-state index >= 15 is 0 Å². The zero-order chi connectivity index (χ0) is 14.3. The van der Waals surface area contributed by atoms with Crippen LogP contribution >= 0.6 is 0 Å². The van der Waals surface area contributed by atoms with Crippen LogP contribution in [-0.4, -0.2) is 16.7 Å². The molecule has 0 saturated heterocycles. The minimum absolute atomic E-state index is 0.0330. The van der Waals surface area contributed by atoms with E-state index in [0.29, 0.717) is 11.6 Å². The van der Waals surface area contributed by atoms with Gasteiger partial charge in [-0.3, -0.25) is 14.6 Å². The normalized spacial score (nSPS) is 13.8. The molecule has 1 aromatic heterocycles. The van der Waals surface area contributed by atoms with Gasteiger partial charge in [-0.05, 0) is 23.8 Å². The monoisotopic (exact) mass is 274 g/mol. The molecule has 0 atom stereocenters. The van der Waals surface area contributed by atoms with Gasteiger partial charge in [0.2, 0.25) is 0 Å². The molecule has 1 aliphatic rings. The lowest BCUT2D eigenvalue weighted by Gasteiger charge is -2.16. The lowest BCUT2D eigenvalue weighted by molar-refractivity contribution is -0.114. The molecule has 0 bridgehead atoms. The van der Waals surface area contributed by atoms with E-state index in [-0.39, 0.29) is 17.8 Å². The molecule has 3 rings (SSSR count). The number of rotatable bonds is 2. The molecule has 1 aromatic carbocycles. The Hall–Kier alpha value is -2.63. The Morgan fingerprint density at radius 2 is 1.80 bits per heavy atom. The molecule has 0 spiro atoms. The first kappa shape index (κ1) is 12.4. The number of Topliss-reactive ketones (excluding diaryl/α,β-unsaturated/α-hetero) is 1. The minimum atomic E-state index is -1.02. The third-order valence-corrected chi connectivity index (χ3v) is 3.08. The third kappa shape index (κ3) is 1.85. The van der Waals surface area contributed by atoms with Crippen molar-refractivity contribution in [2.45, 2.75) is 6.54 Å². The number of anilines is 1. The quantitative estimate of drug-likeness (QED) is 0.788. The first-order chi connectivity index (χ1) is 9.58. The van der Waals surface area contributed by atoms with E-state index < -0.39 is 23.3 Å². The highest BCUT2D eigenvalue weighted by atomic mass is 19.1. The van der Waals surface area contributed by atoms with Crippen LogP contribution in [0.15, 0.2) is 36.7 Å². The number of benzene rings is 1. The Balaban J connectivity index is 2.06. The molecule has 4 nitrogen and oxygen atoms in total. The number of ketones is 1. The highest BCUT2D eigenvalue weighted by Crippen LogP contribution is 2.33. The number of halogens is 2. The maximum Gasteiger partial charge on any atom is 0.299 e. The Morgan fingerprint density at radius 1 is 1.10 bits per heavy atom. The predicted molar refractivity (Wildman–Crippen MR) is 66.1 cm³/mol. The van der Waals surface area contributed by atoms with Crippen LogP contribution in [0.2, 0.25) is 0 Å². The van der Waals surface area contributed by atoms with Gasteiger partial charge in [0.15, 0.2) is 0 Å². The summed E-state index contributed by atoms with van der Waals surface area (Å²) in [5.41, 5.74) is 0.304. The first-order valence-corrected chi connectivity index (χ1v) is 5.82. The van der Waals surface area contributed by atoms with Crippen LogP contribution in [0, 0.1) is 11.6 Å². The van der Waals surface area contributed by atoms with Gasteiger partial charge in [0.05, 0.1) is 17.8 Å². The van der Waals surface area contributed by atoms with Crippen LogP contribution in [0.5, 0.6) is 0 Å². The molecule has 0 N–H and O–H groups in total. The van der Waals surface area contributed by atoms with Gasteiger partial charge in [0.1, 0.15) is 11.6 Å². The van der Waals surface area contributed by atoms with Crippen molar-refractivity contribution >= 4 is 17.4 Å². The molecule has 1 amide bonds. The predicted octanol–water partition coefficient (Wildman–Crippen LogP) is 2.09. The standard InChI is InChI=1S/C14H8F2N2O2/c15-9-5-10(16)12-11(6-9)18(14(20)13(12)19)7-8-1-3-17-4-2-8/h1-6H,7H2. The second-order valence-corrected chi connectivity index (χ2v) is 4.36. The SMILES string of the molecule is O=C1C(=O)N(Cc2ccncc2)c2cc(F)cc(F)c21. The smallest absolute Gasteiger partial charge is 0.299 e. The lowest BCUT2D eigenvalue weighted by Crippen LogP contribution is -2.29. The zero-order valence-corrected chi connectivity index (χ0v) is 10.1. The van der Waals surface area contributed by atoms with Gasteiger partial charge in [0.25, 0.3) is 11.7 Å². The summed E-state index contributed by atoms with van der Waals surface area (Å²) in [7, 11) is 0. The number of hydrogen-bond acceptors (Lipinski definition) is 3. The van der Waals surface area contributed by atoms with Gasteiger partial charge >= 0.3 is 0 Å². The molecule has 0 fully saturated rings. The van der Waals surface area contributed by atoms with Crippen molar-refractivity contribution in [3.8, 4) is 0 Å². The minimum Gasteiger partial charge on any atom is -0.300 e. The van der Waals surface area contributed by atoms with Gasteiger partial charge in [-0.25, -0.2) is 8.78 Å². The Kier molecular flexibility index (Phi) is 2.78. The highest BCUT2D eigenvalue weighted by Gasteiger charge is 2.38. The number of carbonyl (C=O) groups excluding carboxylic acids is 2. The number of carbonyl (C=O) groups is 2. The number of amides is 1. The van der Waals surface area contributed by atoms with Crippen LogP contribution in [0.25, 0.3) is 0 Å². The van der Waals surface area contributed by atoms with E-state index in [4.69, 9.17) is 0 Å². The van der Waals surface area contributed by atoms with Crippen LogP contribution in [0.4, 0.5) is 14.5 Å². The molecule has 0 unspecified atom stereocenters. The van der Waals surface area contributed by atoms with Gasteiger partial charge < -0.3 is 4.90 Å². The number of pyridine rings is 1. The van der Waals surface area contributed by atoms with E-state index in [1.54, 1.807) is 12.1 Å². The fraction of sp³-hybridized carbons (Fsp3) is 0.0714. The summed E-state index contributed by atoms with van der Waals surface area (Å²) in [5, 5.41) is 0.